The number of halogens is 3. The molecular weight excluding hydrogens is 329 g/mol. The van der Waals surface area contributed by atoms with Crippen molar-refractivity contribution in [2.75, 3.05) is 26.8 Å². The van der Waals surface area contributed by atoms with Gasteiger partial charge in [-0.1, -0.05) is 0 Å². The van der Waals surface area contributed by atoms with E-state index >= 15 is 0 Å². The van der Waals surface area contributed by atoms with E-state index in [-0.39, 0.29) is 26.1 Å². The molecule has 0 bridgehead atoms. The standard InChI is InChI=1S/C15H17F3N2O4/c1-24-9-14(13(22)23)5-3-7-20(8-14)12(21)11-10(15(16,17)18)4-2-6-19-11/h2,4,6H,3,5,7-9H2,1H3,(H,22,23). The molecule has 0 saturated carbocycles. The van der Waals surface area contributed by atoms with Crippen LogP contribution in [0.3, 0.4) is 0 Å². The number of amides is 1. The molecule has 0 aromatic carbocycles. The third kappa shape index (κ3) is 3.50. The number of carboxylic acid groups (broad SMARTS) is 1. The zero-order chi connectivity index (χ0) is 18.0. The lowest BCUT2D eigenvalue weighted by atomic mass is 9.80. The van der Waals surface area contributed by atoms with Crippen molar-refractivity contribution in [3.05, 3.63) is 29.6 Å². The Morgan fingerprint density at radius 1 is 1.46 bits per heavy atom. The zero-order valence-electron chi connectivity index (χ0n) is 13.0. The minimum absolute atomic E-state index is 0.125. The Balaban J connectivity index is 2.32. The fourth-order valence-corrected chi connectivity index (χ4v) is 2.89. The van der Waals surface area contributed by atoms with E-state index < -0.39 is 34.7 Å². The molecule has 1 aliphatic rings. The van der Waals surface area contributed by atoms with Crippen molar-refractivity contribution in [2.45, 2.75) is 19.0 Å². The molecule has 1 amide bonds. The maximum atomic E-state index is 13.1. The van der Waals surface area contributed by atoms with Gasteiger partial charge in [0.05, 0.1) is 12.2 Å². The highest BCUT2D eigenvalue weighted by atomic mass is 19.4. The normalized spacial score (nSPS) is 21.6. The van der Waals surface area contributed by atoms with Gasteiger partial charge in [0.25, 0.3) is 5.91 Å². The van der Waals surface area contributed by atoms with E-state index in [9.17, 15) is 27.9 Å². The molecule has 1 N–H and O–H groups in total. The van der Waals surface area contributed by atoms with Crippen LogP contribution < -0.4 is 0 Å². The summed E-state index contributed by atoms with van der Waals surface area (Å²) in [7, 11) is 1.34. The molecule has 1 aromatic rings. The molecular formula is C15H17F3N2O4. The fourth-order valence-electron chi connectivity index (χ4n) is 2.89. The zero-order valence-corrected chi connectivity index (χ0v) is 13.0. The first-order valence-corrected chi connectivity index (χ1v) is 7.25. The number of nitrogens with zero attached hydrogens (tertiary/aromatic N) is 2. The van der Waals surface area contributed by atoms with Crippen molar-refractivity contribution in [2.24, 2.45) is 5.41 Å². The van der Waals surface area contributed by atoms with Crippen LogP contribution in [0, 0.1) is 5.41 Å². The van der Waals surface area contributed by atoms with E-state index in [1.165, 1.54) is 7.11 Å². The Bertz CT molecular complexity index is 631. The van der Waals surface area contributed by atoms with Gasteiger partial charge >= 0.3 is 12.1 Å². The number of aliphatic carboxylic acids is 1. The maximum absolute atomic E-state index is 13.1. The second-order valence-corrected chi connectivity index (χ2v) is 5.75. The quantitative estimate of drug-likeness (QED) is 0.903. The number of aromatic nitrogens is 1. The number of pyridine rings is 1. The number of hydrogen-bond acceptors (Lipinski definition) is 4. The van der Waals surface area contributed by atoms with Gasteiger partial charge in [0, 0.05) is 26.4 Å². The predicted molar refractivity (Wildman–Crippen MR) is 76.3 cm³/mol. The number of carboxylic acids is 1. The van der Waals surface area contributed by atoms with E-state index in [2.05, 4.69) is 4.98 Å². The Labute approximate surface area is 136 Å². The van der Waals surface area contributed by atoms with Crippen LogP contribution in [0.25, 0.3) is 0 Å². The number of piperidine rings is 1. The van der Waals surface area contributed by atoms with E-state index in [4.69, 9.17) is 4.74 Å². The molecule has 0 aliphatic carbocycles. The summed E-state index contributed by atoms with van der Waals surface area (Å²) in [5.41, 5.74) is -3.17. The number of rotatable bonds is 4. The highest BCUT2D eigenvalue weighted by Crippen LogP contribution is 2.34. The monoisotopic (exact) mass is 346 g/mol. The van der Waals surface area contributed by atoms with Crippen LogP contribution in [0.4, 0.5) is 13.2 Å². The van der Waals surface area contributed by atoms with Crippen LogP contribution in [0.15, 0.2) is 18.3 Å². The predicted octanol–water partition coefficient (Wildman–Crippen LogP) is 2.05. The molecule has 1 unspecified atom stereocenters. The lowest BCUT2D eigenvalue weighted by molar-refractivity contribution is -0.156. The lowest BCUT2D eigenvalue weighted by Gasteiger charge is -2.39. The number of carbonyl (C=O) groups is 2. The summed E-state index contributed by atoms with van der Waals surface area (Å²) in [6.45, 7) is -0.172. The van der Waals surface area contributed by atoms with Gasteiger partial charge in [0.15, 0.2) is 0 Å². The van der Waals surface area contributed by atoms with Gasteiger partial charge in [-0.25, -0.2) is 0 Å². The van der Waals surface area contributed by atoms with Crippen LogP contribution in [0.1, 0.15) is 28.9 Å². The molecule has 6 nitrogen and oxygen atoms in total. The number of carbonyl (C=O) groups excluding carboxylic acids is 1. The molecule has 1 fully saturated rings. The van der Waals surface area contributed by atoms with Crippen LogP contribution >= 0.6 is 0 Å². The molecule has 0 radical (unpaired) electrons. The van der Waals surface area contributed by atoms with Crippen molar-refractivity contribution in [1.29, 1.82) is 0 Å². The first kappa shape index (κ1) is 18.2. The van der Waals surface area contributed by atoms with Gasteiger partial charge in [0.1, 0.15) is 11.1 Å². The van der Waals surface area contributed by atoms with E-state index in [0.717, 1.165) is 23.2 Å². The Hall–Kier alpha value is -2.16. The number of hydrogen-bond donors (Lipinski definition) is 1. The average Bonchev–Trinajstić information content (AvgIpc) is 2.53. The first-order chi connectivity index (χ1) is 11.2. The number of methoxy groups -OCH3 is 1. The van der Waals surface area contributed by atoms with E-state index in [1.807, 2.05) is 0 Å². The van der Waals surface area contributed by atoms with Gasteiger partial charge in [-0.2, -0.15) is 13.2 Å². The maximum Gasteiger partial charge on any atom is 0.418 e. The summed E-state index contributed by atoms with van der Waals surface area (Å²) < 4.78 is 44.1. The van der Waals surface area contributed by atoms with Crippen molar-refractivity contribution in [3.63, 3.8) is 0 Å². The average molecular weight is 346 g/mol. The second-order valence-electron chi connectivity index (χ2n) is 5.75. The van der Waals surface area contributed by atoms with Gasteiger partial charge in [-0.15, -0.1) is 0 Å². The van der Waals surface area contributed by atoms with Gasteiger partial charge < -0.3 is 14.7 Å². The molecule has 132 valence electrons. The molecule has 1 atom stereocenters. The van der Waals surface area contributed by atoms with Gasteiger partial charge in [0.2, 0.25) is 0 Å². The highest BCUT2D eigenvalue weighted by Gasteiger charge is 2.45. The summed E-state index contributed by atoms with van der Waals surface area (Å²) in [4.78, 5) is 28.8. The molecule has 24 heavy (non-hydrogen) atoms. The SMILES string of the molecule is COCC1(C(=O)O)CCCN(C(=O)c2ncccc2C(F)(F)F)C1. The van der Waals surface area contributed by atoms with Crippen molar-refractivity contribution < 1.29 is 32.6 Å². The fraction of sp³-hybridized carbons (Fsp3) is 0.533. The Morgan fingerprint density at radius 2 is 2.17 bits per heavy atom. The van der Waals surface area contributed by atoms with Crippen molar-refractivity contribution in [3.8, 4) is 0 Å². The minimum Gasteiger partial charge on any atom is -0.481 e. The third-order valence-corrected chi connectivity index (χ3v) is 4.05. The van der Waals surface area contributed by atoms with E-state index in [0.29, 0.717) is 6.42 Å². The number of likely N-dealkylation sites (tertiary alicyclic amines) is 1. The second kappa shape index (κ2) is 6.76. The highest BCUT2D eigenvalue weighted by molar-refractivity contribution is 5.94. The smallest absolute Gasteiger partial charge is 0.418 e. The largest absolute Gasteiger partial charge is 0.481 e. The molecule has 2 rings (SSSR count). The van der Waals surface area contributed by atoms with Crippen LogP contribution in [0.2, 0.25) is 0 Å². The summed E-state index contributed by atoms with van der Waals surface area (Å²) in [6.07, 6.45) is -2.97. The van der Waals surface area contributed by atoms with Crippen molar-refractivity contribution in [1.82, 2.24) is 9.88 Å². The Morgan fingerprint density at radius 3 is 2.75 bits per heavy atom. The summed E-state index contributed by atoms with van der Waals surface area (Å²) >= 11 is 0. The molecule has 1 saturated heterocycles. The number of ether oxygens (including phenoxy) is 1. The molecule has 1 aliphatic heterocycles. The minimum atomic E-state index is -4.72. The first-order valence-electron chi connectivity index (χ1n) is 7.25. The van der Waals surface area contributed by atoms with Crippen LogP contribution in [-0.2, 0) is 15.7 Å². The van der Waals surface area contributed by atoms with Crippen LogP contribution in [0.5, 0.6) is 0 Å². The van der Waals surface area contributed by atoms with E-state index in [1.54, 1.807) is 0 Å². The van der Waals surface area contributed by atoms with Gasteiger partial charge in [-0.05, 0) is 25.0 Å². The topological polar surface area (TPSA) is 79.7 Å². The molecule has 2 heterocycles. The molecule has 9 heteroatoms. The summed E-state index contributed by atoms with van der Waals surface area (Å²) in [5, 5.41) is 9.46. The Kier molecular flexibility index (Phi) is 5.12. The molecule has 0 spiro atoms. The summed E-state index contributed by atoms with van der Waals surface area (Å²) in [6, 6.07) is 1.88. The third-order valence-electron chi connectivity index (χ3n) is 4.05. The lowest BCUT2D eigenvalue weighted by Crippen LogP contribution is -2.52. The number of alkyl halides is 3. The summed E-state index contributed by atoms with van der Waals surface area (Å²) in [5.74, 6) is -2.07. The molecule has 1 aromatic heterocycles. The van der Waals surface area contributed by atoms with Crippen LogP contribution in [-0.4, -0.2) is 53.7 Å². The van der Waals surface area contributed by atoms with Crippen molar-refractivity contribution >= 4 is 11.9 Å². The van der Waals surface area contributed by atoms with Gasteiger partial charge in [-0.3, -0.25) is 14.6 Å².